The normalized spacial score (nSPS) is 13.7. The second-order valence-electron chi connectivity index (χ2n) is 15.9. The molecule has 0 aliphatic heterocycles. The summed E-state index contributed by atoms with van der Waals surface area (Å²) in [6.45, 7) is 4.07. The molecule has 9 nitrogen and oxygen atoms in total. The first-order valence-corrected chi connectivity index (χ1v) is 25.7. The topological polar surface area (TPSA) is 120 Å². The number of nitrogens with one attached hydrogen (secondary N) is 1. The third kappa shape index (κ3) is 45.2. The van der Waals surface area contributed by atoms with Crippen LogP contribution in [0.15, 0.2) is 60.8 Å². The van der Waals surface area contributed by atoms with Crippen molar-refractivity contribution in [1.29, 1.82) is 0 Å². The van der Waals surface area contributed by atoms with Crippen LogP contribution in [0, 0.1) is 0 Å². The number of carbonyl (C=O) groups is 2. The first-order chi connectivity index (χ1) is 29.3. The lowest BCUT2D eigenvalue weighted by molar-refractivity contribution is -0.161. The van der Waals surface area contributed by atoms with Gasteiger partial charge < -0.3 is 19.7 Å². The summed E-state index contributed by atoms with van der Waals surface area (Å²) >= 11 is 0. The minimum absolute atomic E-state index is 0.0267. The molecule has 0 aromatic rings. The lowest BCUT2D eigenvalue weighted by atomic mass is 10.0. The average Bonchev–Trinajstić information content (AvgIpc) is 3.23. The van der Waals surface area contributed by atoms with Gasteiger partial charge in [0.05, 0.1) is 13.2 Å². The van der Waals surface area contributed by atoms with Crippen molar-refractivity contribution in [2.75, 3.05) is 33.4 Å². The van der Waals surface area contributed by atoms with Crippen molar-refractivity contribution in [2.45, 2.75) is 213 Å². The van der Waals surface area contributed by atoms with E-state index in [9.17, 15) is 19.0 Å². The van der Waals surface area contributed by atoms with Gasteiger partial charge in [0, 0.05) is 19.4 Å². The third-order valence-electron chi connectivity index (χ3n) is 10.2. The number of allylic oxidation sites excluding steroid dienone is 10. The number of phosphoric ester groups is 1. The summed E-state index contributed by atoms with van der Waals surface area (Å²) in [7, 11) is -2.67. The first-order valence-electron chi connectivity index (χ1n) is 24.2. The number of phosphoric acid groups is 1. The van der Waals surface area contributed by atoms with Crippen molar-refractivity contribution in [3.05, 3.63) is 60.8 Å². The molecule has 348 valence electrons. The SMILES string of the molecule is CC/C=C\C/C=C\C/C=C\C/C=C\C/C=C\CCCC(=O)OCC(COP(=O)(O)OCCNC)OC(=O)CCCCCCCCCCCCCCCCCCCCCCC. The van der Waals surface area contributed by atoms with Crippen molar-refractivity contribution in [2.24, 2.45) is 0 Å². The van der Waals surface area contributed by atoms with Crippen molar-refractivity contribution < 1.29 is 37.6 Å². The Kier molecular flexibility index (Phi) is 44.5. The summed E-state index contributed by atoms with van der Waals surface area (Å²) in [6, 6.07) is 0. The van der Waals surface area contributed by atoms with Crippen LogP contribution in [0.5, 0.6) is 0 Å². The molecule has 0 amide bonds. The standard InChI is InChI=1S/C50H90NO8P/c1-4-6-8-10-12-14-16-18-20-22-23-24-25-27-29-31-33-35-37-39-41-43-50(53)59-48(47-58-60(54,55)57-45-44-51-3)46-56-49(52)42-40-38-36-34-32-30-28-26-21-19-17-15-13-11-9-7-5-2/h7,9,13,15,19,21,28,30,34,36,48,51H,4-6,8,10-12,14,16-18,20,22-27,29,31-33,35,37-47H2,1-3H3,(H,54,55)/b9-7-,15-13-,21-19-,30-28-,36-34-. The fraction of sp³-hybridized carbons (Fsp3) is 0.760. The molecule has 0 aromatic carbocycles. The van der Waals surface area contributed by atoms with Crippen molar-refractivity contribution in [3.63, 3.8) is 0 Å². The number of hydrogen-bond donors (Lipinski definition) is 2. The van der Waals surface area contributed by atoms with E-state index >= 15 is 0 Å². The molecule has 0 bridgehead atoms. The van der Waals surface area contributed by atoms with Crippen molar-refractivity contribution in [1.82, 2.24) is 5.32 Å². The van der Waals surface area contributed by atoms with Gasteiger partial charge in [-0.2, -0.15) is 0 Å². The molecule has 0 spiro atoms. The van der Waals surface area contributed by atoms with Crippen LogP contribution in [0.4, 0.5) is 0 Å². The van der Waals surface area contributed by atoms with Crippen LogP contribution in [0.25, 0.3) is 0 Å². The Morgan fingerprint density at radius 3 is 1.40 bits per heavy atom. The predicted molar refractivity (Wildman–Crippen MR) is 252 cm³/mol. The van der Waals surface area contributed by atoms with Gasteiger partial charge in [0.15, 0.2) is 6.10 Å². The van der Waals surface area contributed by atoms with Crippen LogP contribution < -0.4 is 5.32 Å². The van der Waals surface area contributed by atoms with Gasteiger partial charge in [0.1, 0.15) is 6.61 Å². The molecule has 2 atom stereocenters. The van der Waals surface area contributed by atoms with E-state index in [0.717, 1.165) is 51.4 Å². The van der Waals surface area contributed by atoms with Gasteiger partial charge in [-0.1, -0.05) is 203 Å². The highest BCUT2D eigenvalue weighted by Gasteiger charge is 2.26. The smallest absolute Gasteiger partial charge is 0.462 e. The summed E-state index contributed by atoms with van der Waals surface area (Å²) in [5.74, 6) is -0.870. The highest BCUT2D eigenvalue weighted by atomic mass is 31.2. The summed E-state index contributed by atoms with van der Waals surface area (Å²) < 4.78 is 33.2. The minimum atomic E-state index is -4.37. The second-order valence-corrected chi connectivity index (χ2v) is 17.4. The Balaban J connectivity index is 4.20. The zero-order valence-electron chi connectivity index (χ0n) is 38.6. The molecular weight excluding hydrogens is 774 g/mol. The average molecular weight is 864 g/mol. The van der Waals surface area contributed by atoms with E-state index in [4.69, 9.17) is 18.5 Å². The van der Waals surface area contributed by atoms with Crippen LogP contribution in [-0.2, 0) is 32.7 Å². The van der Waals surface area contributed by atoms with Crippen LogP contribution in [0.1, 0.15) is 206 Å². The van der Waals surface area contributed by atoms with Gasteiger partial charge in [-0.15, -0.1) is 0 Å². The van der Waals surface area contributed by atoms with E-state index in [1.807, 2.05) is 0 Å². The number of likely N-dealkylation sites (N-methyl/N-ethyl adjacent to an activating group) is 1. The quantitative estimate of drug-likeness (QED) is 0.0267. The predicted octanol–water partition coefficient (Wildman–Crippen LogP) is 14.3. The maximum atomic E-state index is 12.7. The van der Waals surface area contributed by atoms with E-state index in [1.165, 1.54) is 116 Å². The van der Waals surface area contributed by atoms with Gasteiger partial charge in [0.2, 0.25) is 0 Å². The van der Waals surface area contributed by atoms with E-state index < -0.39 is 32.5 Å². The van der Waals surface area contributed by atoms with E-state index in [2.05, 4.69) is 79.9 Å². The molecule has 2 N–H and O–H groups in total. The van der Waals surface area contributed by atoms with Crippen molar-refractivity contribution >= 4 is 19.8 Å². The lowest BCUT2D eigenvalue weighted by Crippen LogP contribution is -2.29. The molecule has 0 fully saturated rings. The highest BCUT2D eigenvalue weighted by Crippen LogP contribution is 2.43. The summed E-state index contributed by atoms with van der Waals surface area (Å²) in [6.07, 6.45) is 54.2. The monoisotopic (exact) mass is 864 g/mol. The third-order valence-corrected chi connectivity index (χ3v) is 11.1. The Morgan fingerprint density at radius 1 is 0.533 bits per heavy atom. The Labute approximate surface area is 368 Å². The molecule has 60 heavy (non-hydrogen) atoms. The van der Waals surface area contributed by atoms with E-state index in [0.29, 0.717) is 19.4 Å². The molecule has 0 aromatic heterocycles. The van der Waals surface area contributed by atoms with E-state index in [1.54, 1.807) is 7.05 Å². The van der Waals surface area contributed by atoms with E-state index in [-0.39, 0.29) is 26.1 Å². The number of hydrogen-bond acceptors (Lipinski definition) is 8. The van der Waals surface area contributed by atoms with Gasteiger partial charge in [0.25, 0.3) is 0 Å². The molecule has 0 saturated carbocycles. The number of carbonyl (C=O) groups excluding carboxylic acids is 2. The number of ether oxygens (including phenoxy) is 2. The first kappa shape index (κ1) is 57.7. The minimum Gasteiger partial charge on any atom is -0.462 e. The van der Waals surface area contributed by atoms with Crippen LogP contribution in [0.3, 0.4) is 0 Å². The number of esters is 2. The highest BCUT2D eigenvalue weighted by molar-refractivity contribution is 7.47. The molecule has 0 aliphatic carbocycles. The molecule has 0 rings (SSSR count). The van der Waals surface area contributed by atoms with Gasteiger partial charge in [-0.25, -0.2) is 4.57 Å². The zero-order valence-corrected chi connectivity index (χ0v) is 39.5. The van der Waals surface area contributed by atoms with Crippen molar-refractivity contribution in [3.8, 4) is 0 Å². The Morgan fingerprint density at radius 2 is 0.950 bits per heavy atom. The largest absolute Gasteiger partial charge is 0.472 e. The zero-order chi connectivity index (χ0) is 43.9. The Bertz CT molecular complexity index is 1170. The maximum absolute atomic E-state index is 12.7. The number of unbranched alkanes of at least 4 members (excludes halogenated alkanes) is 21. The second kappa shape index (κ2) is 46.2. The maximum Gasteiger partial charge on any atom is 0.472 e. The van der Waals surface area contributed by atoms with Gasteiger partial charge >= 0.3 is 19.8 Å². The molecule has 10 heteroatoms. The van der Waals surface area contributed by atoms with Crippen LogP contribution in [-0.4, -0.2) is 56.3 Å². The Hall–Kier alpha value is -2.29. The molecule has 0 aliphatic rings. The number of rotatable bonds is 45. The van der Waals surface area contributed by atoms with Crippen LogP contribution >= 0.6 is 7.82 Å². The molecular formula is C50H90NO8P. The fourth-order valence-corrected chi connectivity index (χ4v) is 7.28. The molecule has 0 radical (unpaired) electrons. The molecule has 0 saturated heterocycles. The van der Waals surface area contributed by atoms with Gasteiger partial charge in [-0.05, 0) is 58.4 Å². The van der Waals surface area contributed by atoms with Crippen LogP contribution in [0.2, 0.25) is 0 Å². The summed E-state index contributed by atoms with van der Waals surface area (Å²) in [5.41, 5.74) is 0. The van der Waals surface area contributed by atoms with Gasteiger partial charge in [-0.3, -0.25) is 18.6 Å². The molecule has 2 unspecified atom stereocenters. The fourth-order valence-electron chi connectivity index (χ4n) is 6.53. The summed E-state index contributed by atoms with van der Waals surface area (Å²) in [5, 5.41) is 2.82. The molecule has 0 heterocycles. The lowest BCUT2D eigenvalue weighted by Gasteiger charge is -2.20. The summed E-state index contributed by atoms with van der Waals surface area (Å²) in [4.78, 5) is 35.1.